The molecule has 7 heteroatoms. The third-order valence-electron chi connectivity index (χ3n) is 6.94. The molecule has 1 aromatic heterocycles. The molecule has 0 radical (unpaired) electrons. The van der Waals surface area contributed by atoms with Crippen molar-refractivity contribution < 1.29 is 9.18 Å². The number of pyridine rings is 1. The molecule has 3 fully saturated rings. The maximum atomic E-state index is 13.1. The molecule has 2 saturated heterocycles. The van der Waals surface area contributed by atoms with E-state index in [9.17, 15) is 9.18 Å². The van der Waals surface area contributed by atoms with Gasteiger partial charge in [-0.15, -0.1) is 0 Å². The smallest absolute Gasteiger partial charge is 0.317 e. The molecule has 1 saturated carbocycles. The van der Waals surface area contributed by atoms with Crippen LogP contribution >= 0.6 is 0 Å². The van der Waals surface area contributed by atoms with Crippen LogP contribution in [0.4, 0.5) is 9.18 Å². The van der Waals surface area contributed by atoms with Crippen molar-refractivity contribution in [2.75, 3.05) is 13.1 Å². The molecular formula is C23H28FN5O. The topological polar surface area (TPSA) is 69.3 Å². The molecule has 0 bridgehead atoms. The summed E-state index contributed by atoms with van der Waals surface area (Å²) in [5.41, 5.74) is 10.3. The predicted octanol–water partition coefficient (Wildman–Crippen LogP) is 2.71. The lowest BCUT2D eigenvalue weighted by Gasteiger charge is -2.45. The maximum Gasteiger partial charge on any atom is 0.317 e. The average molecular weight is 410 g/mol. The van der Waals surface area contributed by atoms with Gasteiger partial charge in [-0.25, -0.2) is 14.6 Å². The largest absolute Gasteiger partial charge is 0.335 e. The highest BCUT2D eigenvalue weighted by atomic mass is 19.1. The number of carbonyl (C=O) groups is 1. The zero-order valence-electron chi connectivity index (χ0n) is 17.1. The van der Waals surface area contributed by atoms with Crippen molar-refractivity contribution in [3.05, 3.63) is 65.2 Å². The van der Waals surface area contributed by atoms with Gasteiger partial charge in [-0.05, 0) is 73.4 Å². The first-order valence-electron chi connectivity index (χ1n) is 10.8. The van der Waals surface area contributed by atoms with Gasteiger partial charge in [-0.2, -0.15) is 0 Å². The number of hydrogen-bond donors (Lipinski definition) is 3. The number of hydrogen-bond acceptors (Lipinski definition) is 4. The van der Waals surface area contributed by atoms with Gasteiger partial charge in [0.05, 0.1) is 6.04 Å². The van der Waals surface area contributed by atoms with Crippen LogP contribution in [0.2, 0.25) is 0 Å². The number of hydrazine groups is 1. The number of halogens is 1. The number of amides is 2. The highest BCUT2D eigenvalue weighted by Crippen LogP contribution is 2.41. The van der Waals surface area contributed by atoms with Gasteiger partial charge in [0.15, 0.2) is 0 Å². The van der Waals surface area contributed by atoms with Gasteiger partial charge >= 0.3 is 6.03 Å². The van der Waals surface area contributed by atoms with Crippen molar-refractivity contribution in [3.8, 4) is 0 Å². The number of carbonyl (C=O) groups excluding carboxylic acids is 1. The van der Waals surface area contributed by atoms with Crippen molar-refractivity contribution >= 4 is 6.03 Å². The van der Waals surface area contributed by atoms with E-state index in [0.717, 1.165) is 37.1 Å². The molecule has 6 nitrogen and oxygen atoms in total. The third kappa shape index (κ3) is 3.79. The Balaban J connectivity index is 1.25. The van der Waals surface area contributed by atoms with Crippen molar-refractivity contribution in [1.29, 1.82) is 0 Å². The molecule has 5 rings (SSSR count). The van der Waals surface area contributed by atoms with Gasteiger partial charge in [0, 0.05) is 37.1 Å². The van der Waals surface area contributed by atoms with E-state index in [1.807, 2.05) is 18.0 Å². The standard InChI is InChI=1S/C23H28FN5O/c1-14-10-16(6-8-25-14)22-19-11-17-13-29(9-7-15-2-4-18(24)5-3-15)23(30)26-20(17)12-21(19)27-28-22/h2-6,8,10,17,19-22,27-28H,7,9,11-13H2,1H3,(H,26,30). The Morgan fingerprint density at radius 3 is 2.77 bits per heavy atom. The second-order valence-electron chi connectivity index (χ2n) is 8.88. The molecule has 3 heterocycles. The SMILES string of the molecule is Cc1cc(C2NNC3CC4NC(=O)N(CCc5ccc(F)cc5)CC4CC32)ccn1. The number of aromatic nitrogens is 1. The van der Waals surface area contributed by atoms with Gasteiger partial charge in [0.2, 0.25) is 0 Å². The van der Waals surface area contributed by atoms with E-state index in [2.05, 4.69) is 33.3 Å². The number of aryl methyl sites for hydroxylation is 1. The van der Waals surface area contributed by atoms with Crippen molar-refractivity contribution in [2.45, 2.75) is 44.3 Å². The summed E-state index contributed by atoms with van der Waals surface area (Å²) in [7, 11) is 0. The molecule has 5 unspecified atom stereocenters. The summed E-state index contributed by atoms with van der Waals surface area (Å²) in [6.45, 7) is 3.46. The van der Waals surface area contributed by atoms with Crippen LogP contribution in [0.25, 0.3) is 0 Å². The second-order valence-corrected chi connectivity index (χ2v) is 8.88. The van der Waals surface area contributed by atoms with Crippen LogP contribution in [-0.2, 0) is 6.42 Å². The Morgan fingerprint density at radius 2 is 1.97 bits per heavy atom. The summed E-state index contributed by atoms with van der Waals surface area (Å²) < 4.78 is 13.1. The normalized spacial score (nSPS) is 30.5. The van der Waals surface area contributed by atoms with Crippen LogP contribution < -0.4 is 16.2 Å². The van der Waals surface area contributed by atoms with E-state index < -0.39 is 0 Å². The average Bonchev–Trinajstić information content (AvgIpc) is 3.14. The predicted molar refractivity (Wildman–Crippen MR) is 112 cm³/mol. The van der Waals surface area contributed by atoms with Gasteiger partial charge in [-0.3, -0.25) is 10.4 Å². The Labute approximate surface area is 176 Å². The van der Waals surface area contributed by atoms with Gasteiger partial charge < -0.3 is 10.2 Å². The van der Waals surface area contributed by atoms with Crippen LogP contribution in [0.15, 0.2) is 42.6 Å². The van der Waals surface area contributed by atoms with Crippen LogP contribution in [0, 0.1) is 24.6 Å². The zero-order chi connectivity index (χ0) is 20.7. The van der Waals surface area contributed by atoms with Crippen molar-refractivity contribution in [1.82, 2.24) is 26.1 Å². The van der Waals surface area contributed by atoms with Crippen molar-refractivity contribution in [2.24, 2.45) is 11.8 Å². The molecule has 3 N–H and O–H groups in total. The molecule has 1 aliphatic carbocycles. The minimum absolute atomic E-state index is 0.0177. The Morgan fingerprint density at radius 1 is 1.13 bits per heavy atom. The van der Waals surface area contributed by atoms with E-state index in [1.165, 1.54) is 17.7 Å². The van der Waals surface area contributed by atoms with Gasteiger partial charge in [0.25, 0.3) is 0 Å². The summed E-state index contributed by atoms with van der Waals surface area (Å²) >= 11 is 0. The lowest BCUT2D eigenvalue weighted by atomic mass is 9.71. The van der Waals surface area contributed by atoms with E-state index in [1.54, 1.807) is 12.1 Å². The highest BCUT2D eigenvalue weighted by Gasteiger charge is 2.47. The molecule has 3 aliphatic rings. The Hall–Kier alpha value is -2.51. The zero-order valence-corrected chi connectivity index (χ0v) is 17.1. The number of rotatable bonds is 4. The van der Waals surface area contributed by atoms with Crippen LogP contribution in [0.3, 0.4) is 0 Å². The fourth-order valence-electron chi connectivity index (χ4n) is 5.35. The first kappa shape index (κ1) is 19.5. The Bertz CT molecular complexity index is 920. The van der Waals surface area contributed by atoms with Crippen LogP contribution in [0.1, 0.15) is 35.7 Å². The van der Waals surface area contributed by atoms with E-state index >= 15 is 0 Å². The lowest BCUT2D eigenvalue weighted by Crippen LogP contribution is -2.61. The van der Waals surface area contributed by atoms with E-state index in [4.69, 9.17) is 0 Å². The first-order valence-corrected chi connectivity index (χ1v) is 10.8. The minimum Gasteiger partial charge on any atom is -0.335 e. The van der Waals surface area contributed by atoms with Gasteiger partial charge in [0.1, 0.15) is 5.82 Å². The summed E-state index contributed by atoms with van der Waals surface area (Å²) in [5, 5.41) is 3.24. The number of urea groups is 1. The number of nitrogens with one attached hydrogen (secondary N) is 3. The van der Waals surface area contributed by atoms with Crippen molar-refractivity contribution in [3.63, 3.8) is 0 Å². The van der Waals surface area contributed by atoms with Crippen LogP contribution in [-0.4, -0.2) is 41.1 Å². The fourth-order valence-corrected chi connectivity index (χ4v) is 5.35. The third-order valence-corrected chi connectivity index (χ3v) is 6.94. The quantitative estimate of drug-likeness (QED) is 0.726. The van der Waals surface area contributed by atoms with Gasteiger partial charge in [-0.1, -0.05) is 12.1 Å². The number of fused-ring (bicyclic) bond motifs is 2. The second kappa shape index (κ2) is 7.96. The summed E-state index contributed by atoms with van der Waals surface area (Å²) in [6.07, 6.45) is 4.62. The molecular weight excluding hydrogens is 381 g/mol. The molecule has 2 amide bonds. The number of benzene rings is 1. The molecule has 158 valence electrons. The lowest BCUT2D eigenvalue weighted by molar-refractivity contribution is 0.0995. The molecule has 5 atom stereocenters. The molecule has 30 heavy (non-hydrogen) atoms. The van der Waals surface area contributed by atoms with E-state index in [-0.39, 0.29) is 23.9 Å². The Kier molecular flexibility index (Phi) is 5.16. The summed E-state index contributed by atoms with van der Waals surface area (Å²) in [6, 6.07) is 11.7. The summed E-state index contributed by atoms with van der Waals surface area (Å²) in [5.74, 6) is 0.693. The fraction of sp³-hybridized carbons (Fsp3) is 0.478. The number of nitrogens with zero attached hydrogens (tertiary/aromatic N) is 2. The maximum absolute atomic E-state index is 13.1. The van der Waals surface area contributed by atoms with Crippen LogP contribution in [0.5, 0.6) is 0 Å². The molecule has 0 spiro atoms. The molecule has 2 aliphatic heterocycles. The molecule has 1 aromatic carbocycles. The molecule has 2 aromatic rings. The van der Waals surface area contributed by atoms with E-state index in [0.29, 0.717) is 24.4 Å². The first-order chi connectivity index (χ1) is 14.6. The highest BCUT2D eigenvalue weighted by molar-refractivity contribution is 5.75. The summed E-state index contributed by atoms with van der Waals surface area (Å²) in [4.78, 5) is 18.9. The monoisotopic (exact) mass is 409 g/mol. The minimum atomic E-state index is -0.230.